The molecule has 1 aromatic rings. The van der Waals surface area contributed by atoms with Crippen molar-refractivity contribution < 1.29 is 4.79 Å². The molecule has 2 N–H and O–H groups in total. The molecular weight excluding hydrogens is 288 g/mol. The Morgan fingerprint density at radius 2 is 2.38 bits per heavy atom. The minimum absolute atomic E-state index is 0.112. The van der Waals surface area contributed by atoms with Crippen LogP contribution >= 0.6 is 27.7 Å². The summed E-state index contributed by atoms with van der Waals surface area (Å²) in [5.74, 6) is 1.60. The second-order valence-corrected chi connectivity index (χ2v) is 5.59. The molecule has 1 amide bonds. The number of carbonyl (C=O) groups excluding carboxylic acids is 1. The Kier molecular flexibility index (Phi) is 3.89. The number of amides is 1. The molecule has 1 aliphatic heterocycles. The van der Waals surface area contributed by atoms with E-state index in [4.69, 9.17) is 5.73 Å². The molecule has 0 spiro atoms. The highest BCUT2D eigenvalue weighted by atomic mass is 79.9. The van der Waals surface area contributed by atoms with Crippen LogP contribution < -0.4 is 10.6 Å². The Morgan fingerprint density at radius 3 is 3.06 bits per heavy atom. The van der Waals surface area contributed by atoms with E-state index in [0.717, 1.165) is 15.9 Å². The Hall–Kier alpha value is -0.520. The molecule has 3 nitrogen and oxygen atoms in total. The predicted molar refractivity (Wildman–Crippen MR) is 71.8 cm³/mol. The lowest BCUT2D eigenvalue weighted by Crippen LogP contribution is -2.50. The normalized spacial score (nSPS) is 21.2. The number of carbonyl (C=O) groups is 1. The van der Waals surface area contributed by atoms with Crippen LogP contribution in [0, 0.1) is 0 Å². The average Bonchev–Trinajstić information content (AvgIpc) is 2.28. The van der Waals surface area contributed by atoms with Crippen LogP contribution in [0.25, 0.3) is 0 Å². The maximum Gasteiger partial charge on any atom is 0.237 e. The van der Waals surface area contributed by atoms with E-state index in [1.165, 1.54) is 0 Å². The molecule has 1 heterocycles. The summed E-state index contributed by atoms with van der Waals surface area (Å²) in [5, 5.41) is 0. The van der Waals surface area contributed by atoms with E-state index < -0.39 is 0 Å². The third kappa shape index (κ3) is 2.42. The minimum atomic E-state index is 0.112. The lowest BCUT2D eigenvalue weighted by atomic mass is 10.2. The molecular formula is C11H13BrN2OS. The summed E-state index contributed by atoms with van der Waals surface area (Å²) < 4.78 is 0.979. The van der Waals surface area contributed by atoms with Gasteiger partial charge in [-0.3, -0.25) is 4.79 Å². The second kappa shape index (κ2) is 5.21. The van der Waals surface area contributed by atoms with E-state index in [1.54, 1.807) is 11.8 Å². The van der Waals surface area contributed by atoms with Gasteiger partial charge in [0.25, 0.3) is 0 Å². The zero-order valence-electron chi connectivity index (χ0n) is 8.73. The molecule has 0 bridgehead atoms. The van der Waals surface area contributed by atoms with Crippen molar-refractivity contribution in [2.45, 2.75) is 6.04 Å². The van der Waals surface area contributed by atoms with Crippen molar-refractivity contribution in [1.82, 2.24) is 0 Å². The fourth-order valence-corrected chi connectivity index (χ4v) is 3.16. The molecule has 1 aromatic carbocycles. The molecule has 1 saturated heterocycles. The van der Waals surface area contributed by atoms with E-state index in [-0.39, 0.29) is 11.9 Å². The van der Waals surface area contributed by atoms with Crippen molar-refractivity contribution in [2.75, 3.05) is 23.0 Å². The lowest BCUT2D eigenvalue weighted by Gasteiger charge is -2.34. The summed E-state index contributed by atoms with van der Waals surface area (Å²) in [6.07, 6.45) is 0. The van der Waals surface area contributed by atoms with Gasteiger partial charge in [-0.2, -0.15) is 0 Å². The minimum Gasteiger partial charge on any atom is -0.328 e. The Morgan fingerprint density at radius 1 is 1.56 bits per heavy atom. The van der Waals surface area contributed by atoms with Crippen LogP contribution in [0.5, 0.6) is 0 Å². The Balaban J connectivity index is 2.31. The third-order valence-electron chi connectivity index (χ3n) is 2.53. The lowest BCUT2D eigenvalue weighted by molar-refractivity contribution is -0.116. The number of hydrogen-bond acceptors (Lipinski definition) is 3. The van der Waals surface area contributed by atoms with E-state index in [2.05, 4.69) is 15.9 Å². The topological polar surface area (TPSA) is 46.3 Å². The van der Waals surface area contributed by atoms with Crippen molar-refractivity contribution in [2.24, 2.45) is 5.73 Å². The first-order chi connectivity index (χ1) is 7.72. The standard InChI is InChI=1S/C11H13BrN2OS/c12-8-2-1-3-9(4-8)14-10(5-13)6-16-7-11(14)15/h1-4,10H,5-7,13H2. The van der Waals surface area contributed by atoms with Crippen LogP contribution in [0.1, 0.15) is 0 Å². The first kappa shape index (κ1) is 12.0. The summed E-state index contributed by atoms with van der Waals surface area (Å²) in [6, 6.07) is 7.89. The number of benzene rings is 1. The van der Waals surface area contributed by atoms with Gasteiger partial charge in [0.2, 0.25) is 5.91 Å². The van der Waals surface area contributed by atoms with Gasteiger partial charge in [0.1, 0.15) is 0 Å². The van der Waals surface area contributed by atoms with E-state index in [1.807, 2.05) is 29.2 Å². The zero-order chi connectivity index (χ0) is 11.5. The molecule has 0 radical (unpaired) electrons. The van der Waals surface area contributed by atoms with Gasteiger partial charge in [-0.25, -0.2) is 0 Å². The highest BCUT2D eigenvalue weighted by Crippen LogP contribution is 2.26. The molecule has 1 atom stereocenters. The molecule has 0 aliphatic carbocycles. The number of hydrogen-bond donors (Lipinski definition) is 1. The van der Waals surface area contributed by atoms with Crippen molar-refractivity contribution in [1.29, 1.82) is 0 Å². The van der Waals surface area contributed by atoms with Crippen LogP contribution in [-0.4, -0.2) is 30.0 Å². The first-order valence-electron chi connectivity index (χ1n) is 5.08. The van der Waals surface area contributed by atoms with Crippen molar-refractivity contribution in [3.8, 4) is 0 Å². The highest BCUT2D eigenvalue weighted by Gasteiger charge is 2.28. The van der Waals surface area contributed by atoms with E-state index in [9.17, 15) is 4.79 Å². The van der Waals surface area contributed by atoms with Crippen LogP contribution in [0.3, 0.4) is 0 Å². The number of halogens is 1. The van der Waals surface area contributed by atoms with Crippen LogP contribution in [0.4, 0.5) is 5.69 Å². The van der Waals surface area contributed by atoms with Crippen LogP contribution in [-0.2, 0) is 4.79 Å². The SMILES string of the molecule is NCC1CSCC(=O)N1c1cccc(Br)c1. The van der Waals surface area contributed by atoms with Gasteiger partial charge < -0.3 is 10.6 Å². The third-order valence-corrected chi connectivity index (χ3v) is 4.09. The summed E-state index contributed by atoms with van der Waals surface area (Å²) in [4.78, 5) is 13.7. The summed E-state index contributed by atoms with van der Waals surface area (Å²) in [7, 11) is 0. The van der Waals surface area contributed by atoms with Gasteiger partial charge in [0.15, 0.2) is 0 Å². The summed E-state index contributed by atoms with van der Waals surface area (Å²) in [5.41, 5.74) is 6.64. The molecule has 5 heteroatoms. The molecule has 86 valence electrons. The van der Waals surface area contributed by atoms with E-state index >= 15 is 0 Å². The first-order valence-corrected chi connectivity index (χ1v) is 7.02. The fourth-order valence-electron chi connectivity index (χ4n) is 1.78. The van der Waals surface area contributed by atoms with Crippen molar-refractivity contribution in [3.63, 3.8) is 0 Å². The molecule has 16 heavy (non-hydrogen) atoms. The fraction of sp³-hybridized carbons (Fsp3) is 0.364. The molecule has 1 unspecified atom stereocenters. The molecule has 0 aromatic heterocycles. The van der Waals surface area contributed by atoms with Gasteiger partial charge in [0, 0.05) is 22.5 Å². The Bertz CT molecular complexity index is 399. The number of nitrogens with zero attached hydrogens (tertiary/aromatic N) is 1. The average molecular weight is 301 g/mol. The van der Waals surface area contributed by atoms with Crippen molar-refractivity contribution >= 4 is 39.3 Å². The predicted octanol–water partition coefficient (Wildman–Crippen LogP) is 1.86. The maximum atomic E-state index is 11.9. The van der Waals surface area contributed by atoms with Crippen molar-refractivity contribution in [3.05, 3.63) is 28.7 Å². The van der Waals surface area contributed by atoms with Gasteiger partial charge >= 0.3 is 0 Å². The summed E-state index contributed by atoms with van der Waals surface area (Å²) in [6.45, 7) is 0.505. The van der Waals surface area contributed by atoms with Gasteiger partial charge in [-0.15, -0.1) is 11.8 Å². The molecule has 2 rings (SSSR count). The van der Waals surface area contributed by atoms with Crippen LogP contribution in [0.2, 0.25) is 0 Å². The van der Waals surface area contributed by atoms with E-state index in [0.29, 0.717) is 12.3 Å². The number of thioether (sulfide) groups is 1. The molecule has 1 aliphatic rings. The van der Waals surface area contributed by atoms with Gasteiger partial charge in [-0.1, -0.05) is 22.0 Å². The Labute approximate surface area is 108 Å². The van der Waals surface area contributed by atoms with Gasteiger partial charge in [0.05, 0.1) is 11.8 Å². The number of nitrogens with two attached hydrogens (primary N) is 1. The summed E-state index contributed by atoms with van der Waals surface area (Å²) >= 11 is 5.07. The number of rotatable bonds is 2. The number of anilines is 1. The van der Waals surface area contributed by atoms with Gasteiger partial charge in [-0.05, 0) is 18.2 Å². The second-order valence-electron chi connectivity index (χ2n) is 3.65. The molecule has 1 fully saturated rings. The quantitative estimate of drug-likeness (QED) is 0.907. The largest absolute Gasteiger partial charge is 0.328 e. The monoisotopic (exact) mass is 300 g/mol. The van der Waals surface area contributed by atoms with Crippen LogP contribution in [0.15, 0.2) is 28.7 Å². The highest BCUT2D eigenvalue weighted by molar-refractivity contribution is 9.10. The zero-order valence-corrected chi connectivity index (χ0v) is 11.1. The smallest absolute Gasteiger partial charge is 0.237 e. The maximum absolute atomic E-state index is 11.9. The molecule has 0 saturated carbocycles.